The summed E-state index contributed by atoms with van der Waals surface area (Å²) in [5, 5.41) is 0. The Morgan fingerprint density at radius 2 is 2.08 bits per heavy atom. The van der Waals surface area contributed by atoms with E-state index < -0.39 is 0 Å². The van der Waals surface area contributed by atoms with Gasteiger partial charge in [-0.15, -0.1) is 0 Å². The molecule has 0 aliphatic carbocycles. The highest BCUT2D eigenvalue weighted by Gasteiger charge is 2.00. The minimum atomic E-state index is 0.795. The van der Waals surface area contributed by atoms with Crippen molar-refractivity contribution in [3.05, 3.63) is 29.3 Å². The molecule has 1 aromatic carbocycles. The van der Waals surface area contributed by atoms with Gasteiger partial charge in [0.1, 0.15) is 0 Å². The molecule has 0 atom stereocenters. The van der Waals surface area contributed by atoms with Crippen LogP contribution in [0.1, 0.15) is 18.1 Å². The lowest BCUT2D eigenvalue weighted by Gasteiger charge is -2.05. The van der Waals surface area contributed by atoms with E-state index in [4.69, 9.17) is 5.73 Å². The molecule has 2 heteroatoms. The van der Waals surface area contributed by atoms with Crippen molar-refractivity contribution in [2.24, 2.45) is 4.99 Å². The van der Waals surface area contributed by atoms with E-state index in [1.165, 1.54) is 5.56 Å². The van der Waals surface area contributed by atoms with E-state index in [0.29, 0.717) is 0 Å². The van der Waals surface area contributed by atoms with Crippen LogP contribution in [-0.2, 0) is 0 Å². The first kappa shape index (κ1) is 8.78. The van der Waals surface area contributed by atoms with Gasteiger partial charge in [-0.1, -0.05) is 11.6 Å². The molecule has 2 nitrogen and oxygen atoms in total. The lowest BCUT2D eigenvalue weighted by atomic mass is 10.1. The maximum atomic E-state index is 5.79. The Labute approximate surface area is 73.1 Å². The summed E-state index contributed by atoms with van der Waals surface area (Å²) < 4.78 is 0. The van der Waals surface area contributed by atoms with Gasteiger partial charge in [-0.2, -0.15) is 0 Å². The van der Waals surface area contributed by atoms with Crippen LogP contribution < -0.4 is 5.73 Å². The predicted octanol–water partition coefficient (Wildman–Crippen LogP) is 2.02. The van der Waals surface area contributed by atoms with Gasteiger partial charge in [-0.25, -0.2) is 0 Å². The van der Waals surface area contributed by atoms with Crippen molar-refractivity contribution in [2.45, 2.75) is 13.8 Å². The average molecular weight is 162 g/mol. The third-order valence-corrected chi connectivity index (χ3v) is 1.93. The molecule has 0 aliphatic rings. The van der Waals surface area contributed by atoms with E-state index in [0.717, 1.165) is 17.0 Å². The Morgan fingerprint density at radius 1 is 1.42 bits per heavy atom. The van der Waals surface area contributed by atoms with Gasteiger partial charge in [0.2, 0.25) is 0 Å². The molecule has 0 amide bonds. The third kappa shape index (κ3) is 1.64. The van der Waals surface area contributed by atoms with Crippen LogP contribution in [-0.4, -0.2) is 12.8 Å². The van der Waals surface area contributed by atoms with Crippen LogP contribution in [0.15, 0.2) is 23.2 Å². The standard InChI is InChI=1S/C10H14N2/c1-7-4-5-10(11)9(6-7)8(2)12-3/h4-6H,11H2,1-3H3. The summed E-state index contributed by atoms with van der Waals surface area (Å²) in [7, 11) is 1.77. The zero-order chi connectivity index (χ0) is 9.14. The molecule has 0 heterocycles. The summed E-state index contributed by atoms with van der Waals surface area (Å²) in [5.74, 6) is 0. The fourth-order valence-corrected chi connectivity index (χ4v) is 1.10. The van der Waals surface area contributed by atoms with Crippen molar-refractivity contribution in [3.8, 4) is 0 Å². The van der Waals surface area contributed by atoms with Gasteiger partial charge in [-0.3, -0.25) is 4.99 Å². The number of hydrogen-bond acceptors (Lipinski definition) is 2. The normalized spacial score (nSPS) is 11.8. The van der Waals surface area contributed by atoms with Crippen LogP contribution in [0.2, 0.25) is 0 Å². The monoisotopic (exact) mass is 162 g/mol. The van der Waals surface area contributed by atoms with E-state index >= 15 is 0 Å². The highest BCUT2D eigenvalue weighted by atomic mass is 14.7. The summed E-state index contributed by atoms with van der Waals surface area (Å²) in [6, 6.07) is 5.97. The molecule has 0 saturated carbocycles. The number of rotatable bonds is 1. The van der Waals surface area contributed by atoms with Crippen molar-refractivity contribution in [1.29, 1.82) is 0 Å². The second kappa shape index (κ2) is 3.39. The molecule has 1 aromatic rings. The van der Waals surface area contributed by atoms with Gasteiger partial charge >= 0.3 is 0 Å². The minimum absolute atomic E-state index is 0.795. The summed E-state index contributed by atoms with van der Waals surface area (Å²) in [6.45, 7) is 4.01. The van der Waals surface area contributed by atoms with Crippen LogP contribution in [0.3, 0.4) is 0 Å². The Kier molecular flexibility index (Phi) is 2.48. The molecule has 0 aromatic heterocycles. The highest BCUT2D eigenvalue weighted by molar-refractivity contribution is 6.03. The molecular formula is C10H14N2. The van der Waals surface area contributed by atoms with Gasteiger partial charge in [0.25, 0.3) is 0 Å². The van der Waals surface area contributed by atoms with Crippen LogP contribution in [0.25, 0.3) is 0 Å². The molecule has 64 valence electrons. The number of aryl methyl sites for hydroxylation is 1. The fraction of sp³-hybridized carbons (Fsp3) is 0.300. The van der Waals surface area contributed by atoms with Crippen molar-refractivity contribution >= 4 is 11.4 Å². The first-order chi connectivity index (χ1) is 5.65. The molecule has 0 bridgehead atoms. The minimum Gasteiger partial charge on any atom is -0.398 e. The van der Waals surface area contributed by atoms with Crippen molar-refractivity contribution in [2.75, 3.05) is 12.8 Å². The predicted molar refractivity (Wildman–Crippen MR) is 53.7 cm³/mol. The Bertz CT molecular complexity index is 314. The number of nitrogens with two attached hydrogens (primary N) is 1. The van der Waals surface area contributed by atoms with Crippen molar-refractivity contribution < 1.29 is 0 Å². The molecule has 2 N–H and O–H groups in total. The summed E-state index contributed by atoms with van der Waals surface area (Å²) in [5.41, 5.74) is 9.81. The number of nitrogen functional groups attached to an aromatic ring is 1. The maximum Gasteiger partial charge on any atom is 0.0406 e. The highest BCUT2D eigenvalue weighted by Crippen LogP contribution is 2.14. The average Bonchev–Trinajstić information content (AvgIpc) is 2.08. The van der Waals surface area contributed by atoms with E-state index in [9.17, 15) is 0 Å². The number of benzene rings is 1. The summed E-state index contributed by atoms with van der Waals surface area (Å²) >= 11 is 0. The number of aliphatic imine (C=N–C) groups is 1. The smallest absolute Gasteiger partial charge is 0.0406 e. The molecule has 0 unspecified atom stereocenters. The molecule has 0 aliphatic heterocycles. The van der Waals surface area contributed by atoms with Crippen LogP contribution >= 0.6 is 0 Å². The number of hydrogen-bond donors (Lipinski definition) is 1. The second-order valence-corrected chi connectivity index (χ2v) is 2.90. The zero-order valence-electron chi connectivity index (χ0n) is 7.76. The molecule has 0 spiro atoms. The van der Waals surface area contributed by atoms with Gasteiger partial charge in [-0.05, 0) is 26.0 Å². The molecule has 1 rings (SSSR count). The quantitative estimate of drug-likeness (QED) is 0.498. The molecule has 0 fully saturated rings. The van der Waals surface area contributed by atoms with Gasteiger partial charge in [0.05, 0.1) is 0 Å². The molecule has 0 saturated heterocycles. The number of anilines is 1. The second-order valence-electron chi connectivity index (χ2n) is 2.90. The van der Waals surface area contributed by atoms with Crippen molar-refractivity contribution in [1.82, 2.24) is 0 Å². The Morgan fingerprint density at radius 3 is 2.67 bits per heavy atom. The first-order valence-corrected chi connectivity index (χ1v) is 3.95. The lowest BCUT2D eigenvalue weighted by molar-refractivity contribution is 1.39. The third-order valence-electron chi connectivity index (χ3n) is 1.93. The van der Waals surface area contributed by atoms with Crippen molar-refractivity contribution in [3.63, 3.8) is 0 Å². The Hall–Kier alpha value is -1.31. The van der Waals surface area contributed by atoms with E-state index in [1.807, 2.05) is 26.0 Å². The summed E-state index contributed by atoms with van der Waals surface area (Å²) in [6.07, 6.45) is 0. The van der Waals surface area contributed by atoms with Crippen LogP contribution in [0, 0.1) is 6.92 Å². The van der Waals surface area contributed by atoms with Gasteiger partial charge in [0.15, 0.2) is 0 Å². The molecule has 0 radical (unpaired) electrons. The van der Waals surface area contributed by atoms with Gasteiger partial charge < -0.3 is 5.73 Å². The largest absolute Gasteiger partial charge is 0.398 e. The molecule has 12 heavy (non-hydrogen) atoms. The Balaban J connectivity index is 3.23. The zero-order valence-corrected chi connectivity index (χ0v) is 7.76. The molecular weight excluding hydrogens is 148 g/mol. The van der Waals surface area contributed by atoms with Gasteiger partial charge in [0, 0.05) is 24.0 Å². The van der Waals surface area contributed by atoms with Crippen LogP contribution in [0.5, 0.6) is 0 Å². The fourth-order valence-electron chi connectivity index (χ4n) is 1.10. The maximum absolute atomic E-state index is 5.79. The topological polar surface area (TPSA) is 38.4 Å². The SMILES string of the molecule is CN=C(C)c1cc(C)ccc1N. The van der Waals surface area contributed by atoms with E-state index in [1.54, 1.807) is 7.05 Å². The summed E-state index contributed by atoms with van der Waals surface area (Å²) in [4.78, 5) is 4.10. The van der Waals surface area contributed by atoms with E-state index in [2.05, 4.69) is 11.1 Å². The first-order valence-electron chi connectivity index (χ1n) is 3.95. The van der Waals surface area contributed by atoms with Crippen LogP contribution in [0.4, 0.5) is 5.69 Å². The number of nitrogens with zero attached hydrogens (tertiary/aromatic N) is 1. The van der Waals surface area contributed by atoms with E-state index in [-0.39, 0.29) is 0 Å². The lowest BCUT2D eigenvalue weighted by Crippen LogP contribution is -2.00.